The van der Waals surface area contributed by atoms with Crippen LogP contribution >= 0.6 is 0 Å². The van der Waals surface area contributed by atoms with Crippen molar-refractivity contribution in [2.75, 3.05) is 26.8 Å². The molecular weight excluding hydrogens is 178 g/mol. The Labute approximate surface area is 87.2 Å². The Morgan fingerprint density at radius 3 is 2.64 bits per heavy atom. The van der Waals surface area contributed by atoms with Crippen molar-refractivity contribution in [1.29, 1.82) is 0 Å². The second-order valence-electron chi connectivity index (χ2n) is 4.15. The molecule has 0 aliphatic heterocycles. The largest absolute Gasteiger partial charge is 0.389 e. The van der Waals surface area contributed by atoms with Crippen LogP contribution in [0.25, 0.3) is 0 Å². The zero-order valence-electron chi connectivity index (χ0n) is 9.76. The fraction of sp³-hybridized carbons (Fsp3) is 0.818. The molecule has 0 radical (unpaired) electrons. The first-order chi connectivity index (χ1) is 6.48. The van der Waals surface area contributed by atoms with E-state index in [-0.39, 0.29) is 0 Å². The molecule has 14 heavy (non-hydrogen) atoms. The van der Waals surface area contributed by atoms with Gasteiger partial charge in [0.1, 0.15) is 0 Å². The van der Waals surface area contributed by atoms with Crippen LogP contribution in [0.4, 0.5) is 0 Å². The molecule has 0 amide bonds. The minimum absolute atomic E-state index is 0.595. The lowest BCUT2D eigenvalue weighted by molar-refractivity contribution is 0.0257. The molecule has 3 nitrogen and oxygen atoms in total. The maximum absolute atomic E-state index is 9.85. The monoisotopic (exact) mass is 201 g/mol. The highest BCUT2D eigenvalue weighted by molar-refractivity contribution is 4.94. The first-order valence-electron chi connectivity index (χ1n) is 5.03. The Hall–Kier alpha value is -0.380. The predicted molar refractivity (Wildman–Crippen MR) is 59.4 cm³/mol. The standard InChI is InChI=1S/C11H23NO2/c1-10(2)5-7-12-9-11(3,13)6-8-14-4/h5,12-13H,6-9H2,1-4H3. The summed E-state index contributed by atoms with van der Waals surface area (Å²) in [5, 5.41) is 13.0. The Balaban J connectivity index is 3.59. The first-order valence-corrected chi connectivity index (χ1v) is 5.03. The molecule has 0 aromatic heterocycles. The van der Waals surface area contributed by atoms with Crippen molar-refractivity contribution in [2.45, 2.75) is 32.8 Å². The van der Waals surface area contributed by atoms with Crippen molar-refractivity contribution in [3.05, 3.63) is 11.6 Å². The van der Waals surface area contributed by atoms with Gasteiger partial charge in [0.15, 0.2) is 0 Å². The molecule has 0 saturated heterocycles. The number of rotatable bonds is 7. The van der Waals surface area contributed by atoms with Gasteiger partial charge in [-0.05, 0) is 20.8 Å². The van der Waals surface area contributed by atoms with Crippen LogP contribution in [0.15, 0.2) is 11.6 Å². The molecule has 0 aromatic rings. The molecule has 2 N–H and O–H groups in total. The highest BCUT2D eigenvalue weighted by Crippen LogP contribution is 2.07. The molecule has 84 valence electrons. The van der Waals surface area contributed by atoms with E-state index >= 15 is 0 Å². The van der Waals surface area contributed by atoms with Crippen LogP contribution in [-0.4, -0.2) is 37.5 Å². The third-order valence-corrected chi connectivity index (χ3v) is 2.01. The van der Waals surface area contributed by atoms with Gasteiger partial charge in [-0.1, -0.05) is 11.6 Å². The molecule has 0 fully saturated rings. The molecule has 0 spiro atoms. The normalized spacial score (nSPS) is 14.9. The van der Waals surface area contributed by atoms with E-state index in [9.17, 15) is 5.11 Å². The van der Waals surface area contributed by atoms with Crippen molar-refractivity contribution in [3.63, 3.8) is 0 Å². The average Bonchev–Trinajstić information content (AvgIpc) is 2.09. The van der Waals surface area contributed by atoms with Crippen LogP contribution in [0.2, 0.25) is 0 Å². The molecule has 0 aliphatic carbocycles. The van der Waals surface area contributed by atoms with E-state index in [0.717, 1.165) is 6.54 Å². The minimum atomic E-state index is -0.675. The van der Waals surface area contributed by atoms with Crippen LogP contribution in [0.3, 0.4) is 0 Å². The number of methoxy groups -OCH3 is 1. The number of nitrogens with one attached hydrogen (secondary N) is 1. The van der Waals surface area contributed by atoms with Gasteiger partial charge in [-0.15, -0.1) is 0 Å². The van der Waals surface area contributed by atoms with Crippen LogP contribution in [-0.2, 0) is 4.74 Å². The molecule has 3 heteroatoms. The molecule has 0 aliphatic rings. The summed E-state index contributed by atoms with van der Waals surface area (Å²) in [4.78, 5) is 0. The lowest BCUT2D eigenvalue weighted by atomic mass is 10.0. The van der Waals surface area contributed by atoms with Crippen LogP contribution in [0.1, 0.15) is 27.2 Å². The van der Waals surface area contributed by atoms with Gasteiger partial charge in [0.25, 0.3) is 0 Å². The second kappa shape index (κ2) is 6.98. The zero-order valence-corrected chi connectivity index (χ0v) is 9.76. The summed E-state index contributed by atoms with van der Waals surface area (Å²) >= 11 is 0. The molecular formula is C11H23NO2. The molecule has 1 unspecified atom stereocenters. The number of allylic oxidation sites excluding steroid dienone is 1. The summed E-state index contributed by atoms with van der Waals surface area (Å²) in [6.07, 6.45) is 2.76. The van der Waals surface area contributed by atoms with E-state index in [1.54, 1.807) is 7.11 Å². The SMILES string of the molecule is COCCC(C)(O)CNCC=C(C)C. The van der Waals surface area contributed by atoms with Crippen molar-refractivity contribution < 1.29 is 9.84 Å². The molecule has 0 saturated carbocycles. The Morgan fingerprint density at radius 2 is 2.14 bits per heavy atom. The van der Waals surface area contributed by atoms with E-state index in [0.29, 0.717) is 19.6 Å². The Bertz CT molecular complexity index is 172. The van der Waals surface area contributed by atoms with Gasteiger partial charge in [-0.3, -0.25) is 0 Å². The highest BCUT2D eigenvalue weighted by atomic mass is 16.5. The van der Waals surface area contributed by atoms with Gasteiger partial charge >= 0.3 is 0 Å². The predicted octanol–water partition coefficient (Wildman–Crippen LogP) is 1.33. The fourth-order valence-electron chi connectivity index (χ4n) is 1.03. The molecule has 1 atom stereocenters. The number of ether oxygens (including phenoxy) is 1. The lowest BCUT2D eigenvalue weighted by Crippen LogP contribution is -2.38. The summed E-state index contributed by atoms with van der Waals surface area (Å²) in [6.45, 7) is 7.94. The van der Waals surface area contributed by atoms with Gasteiger partial charge in [-0.25, -0.2) is 0 Å². The van der Waals surface area contributed by atoms with Gasteiger partial charge < -0.3 is 15.2 Å². The lowest BCUT2D eigenvalue weighted by Gasteiger charge is -2.22. The third-order valence-electron chi connectivity index (χ3n) is 2.01. The van der Waals surface area contributed by atoms with Gasteiger partial charge in [0.05, 0.1) is 5.60 Å². The molecule has 0 rings (SSSR count). The molecule has 0 heterocycles. The summed E-state index contributed by atoms with van der Waals surface area (Å²) in [5.41, 5.74) is 0.611. The quantitative estimate of drug-likeness (QED) is 0.482. The fourth-order valence-corrected chi connectivity index (χ4v) is 1.03. The topological polar surface area (TPSA) is 41.5 Å². The number of aliphatic hydroxyl groups is 1. The Morgan fingerprint density at radius 1 is 1.50 bits per heavy atom. The van der Waals surface area contributed by atoms with Crippen LogP contribution in [0.5, 0.6) is 0 Å². The maximum atomic E-state index is 9.85. The summed E-state index contributed by atoms with van der Waals surface area (Å²) in [6, 6.07) is 0. The summed E-state index contributed by atoms with van der Waals surface area (Å²) in [5.74, 6) is 0. The van der Waals surface area contributed by atoms with Gasteiger partial charge in [0.2, 0.25) is 0 Å². The van der Waals surface area contributed by atoms with Gasteiger partial charge in [0, 0.05) is 33.2 Å². The number of hydrogen-bond donors (Lipinski definition) is 2. The second-order valence-corrected chi connectivity index (χ2v) is 4.15. The number of hydrogen-bond acceptors (Lipinski definition) is 3. The van der Waals surface area contributed by atoms with Crippen molar-refractivity contribution >= 4 is 0 Å². The van der Waals surface area contributed by atoms with E-state index in [1.807, 2.05) is 6.92 Å². The van der Waals surface area contributed by atoms with Crippen LogP contribution in [0, 0.1) is 0 Å². The Kier molecular flexibility index (Phi) is 6.79. The van der Waals surface area contributed by atoms with E-state index in [4.69, 9.17) is 4.74 Å². The van der Waals surface area contributed by atoms with Crippen molar-refractivity contribution in [1.82, 2.24) is 5.32 Å². The van der Waals surface area contributed by atoms with E-state index in [1.165, 1.54) is 5.57 Å². The average molecular weight is 201 g/mol. The first kappa shape index (κ1) is 13.6. The summed E-state index contributed by atoms with van der Waals surface area (Å²) < 4.78 is 4.92. The van der Waals surface area contributed by atoms with Crippen LogP contribution < -0.4 is 5.32 Å². The van der Waals surface area contributed by atoms with Crippen molar-refractivity contribution in [2.24, 2.45) is 0 Å². The van der Waals surface area contributed by atoms with E-state index < -0.39 is 5.60 Å². The zero-order chi connectivity index (χ0) is 11.0. The maximum Gasteiger partial charge on any atom is 0.0765 e. The van der Waals surface area contributed by atoms with E-state index in [2.05, 4.69) is 25.2 Å². The molecule has 0 bridgehead atoms. The third kappa shape index (κ3) is 8.23. The highest BCUT2D eigenvalue weighted by Gasteiger charge is 2.18. The molecule has 0 aromatic carbocycles. The van der Waals surface area contributed by atoms with Gasteiger partial charge in [-0.2, -0.15) is 0 Å². The smallest absolute Gasteiger partial charge is 0.0765 e. The summed E-state index contributed by atoms with van der Waals surface area (Å²) in [7, 11) is 1.65. The minimum Gasteiger partial charge on any atom is -0.389 e. The van der Waals surface area contributed by atoms with Crippen molar-refractivity contribution in [3.8, 4) is 0 Å².